The highest BCUT2D eigenvalue weighted by Gasteiger charge is 2.31. The minimum Gasteiger partial charge on any atom is -0.315 e. The lowest BCUT2D eigenvalue weighted by Gasteiger charge is -2.23. The minimum absolute atomic E-state index is 0.0370. The first-order valence-electron chi connectivity index (χ1n) is 5.57. The largest absolute Gasteiger partial charge is 0.315 e. The molecule has 0 aromatic heterocycles. The smallest absolute Gasteiger partial charge is 0.244 e. The van der Waals surface area contributed by atoms with Crippen LogP contribution in [0.4, 0.5) is 0 Å². The maximum Gasteiger partial charge on any atom is 0.244 e. The van der Waals surface area contributed by atoms with Crippen LogP contribution in [0.15, 0.2) is 23.1 Å². The van der Waals surface area contributed by atoms with E-state index >= 15 is 0 Å². The Morgan fingerprint density at radius 3 is 2.72 bits per heavy atom. The van der Waals surface area contributed by atoms with Crippen LogP contribution in [-0.4, -0.2) is 38.9 Å². The number of likely N-dealkylation sites (N-methyl/N-ethyl adjacent to an activating group) is 1. The average molecular weight is 309 g/mol. The van der Waals surface area contributed by atoms with E-state index in [-0.39, 0.29) is 16.0 Å². The van der Waals surface area contributed by atoms with E-state index in [0.717, 1.165) is 13.0 Å². The standard InChI is InChI=1S/C11H14Cl2N2O2S/c1-15(9-4-5-14-7-9)18(16,17)11-6-8(12)2-3-10(11)13/h2-3,6,9,14H,4-5,7H2,1H3/t9-/m1/s1. The van der Waals surface area contributed by atoms with Crippen molar-refractivity contribution >= 4 is 33.2 Å². The Morgan fingerprint density at radius 2 is 2.11 bits per heavy atom. The maximum absolute atomic E-state index is 12.4. The van der Waals surface area contributed by atoms with E-state index in [1.54, 1.807) is 13.1 Å². The van der Waals surface area contributed by atoms with Crippen molar-refractivity contribution in [3.8, 4) is 0 Å². The molecule has 1 fully saturated rings. The molecule has 1 N–H and O–H groups in total. The van der Waals surface area contributed by atoms with Gasteiger partial charge in [-0.25, -0.2) is 8.42 Å². The van der Waals surface area contributed by atoms with Crippen LogP contribution in [0.3, 0.4) is 0 Å². The maximum atomic E-state index is 12.4. The quantitative estimate of drug-likeness (QED) is 0.929. The van der Waals surface area contributed by atoms with Crippen LogP contribution >= 0.6 is 23.2 Å². The van der Waals surface area contributed by atoms with Gasteiger partial charge in [-0.3, -0.25) is 0 Å². The molecule has 0 radical (unpaired) electrons. The summed E-state index contributed by atoms with van der Waals surface area (Å²) in [5.41, 5.74) is 0. The predicted molar refractivity (Wildman–Crippen MR) is 72.7 cm³/mol. The Bertz CT molecular complexity index is 542. The molecule has 18 heavy (non-hydrogen) atoms. The van der Waals surface area contributed by atoms with Crippen molar-refractivity contribution in [1.82, 2.24) is 9.62 Å². The monoisotopic (exact) mass is 308 g/mol. The summed E-state index contributed by atoms with van der Waals surface area (Å²) in [7, 11) is -2.02. The van der Waals surface area contributed by atoms with Gasteiger partial charge in [0.15, 0.2) is 0 Å². The van der Waals surface area contributed by atoms with Gasteiger partial charge in [0.05, 0.1) is 5.02 Å². The summed E-state index contributed by atoms with van der Waals surface area (Å²) in [6.45, 7) is 1.49. The summed E-state index contributed by atoms with van der Waals surface area (Å²) in [5, 5.41) is 3.69. The number of hydrogen-bond donors (Lipinski definition) is 1. The number of benzene rings is 1. The number of halogens is 2. The van der Waals surface area contributed by atoms with Gasteiger partial charge in [-0.15, -0.1) is 0 Å². The topological polar surface area (TPSA) is 49.4 Å². The third-order valence-corrected chi connectivity index (χ3v) is 5.73. The molecular weight excluding hydrogens is 295 g/mol. The summed E-state index contributed by atoms with van der Waals surface area (Å²) in [6.07, 6.45) is 0.800. The van der Waals surface area contributed by atoms with Crippen molar-refractivity contribution < 1.29 is 8.42 Å². The first kappa shape index (κ1) is 14.1. The second-order valence-corrected chi connectivity index (χ2v) is 7.05. The third-order valence-electron chi connectivity index (χ3n) is 3.10. The van der Waals surface area contributed by atoms with Crippen molar-refractivity contribution in [3.05, 3.63) is 28.2 Å². The first-order valence-corrected chi connectivity index (χ1v) is 7.76. The summed E-state index contributed by atoms with van der Waals surface area (Å²) in [4.78, 5) is 0.0612. The van der Waals surface area contributed by atoms with E-state index < -0.39 is 10.0 Å². The zero-order valence-electron chi connectivity index (χ0n) is 9.86. The molecule has 100 valence electrons. The Kier molecular flexibility index (Phi) is 4.18. The van der Waals surface area contributed by atoms with Crippen LogP contribution in [0.5, 0.6) is 0 Å². The molecule has 1 aromatic carbocycles. The average Bonchev–Trinajstić information content (AvgIpc) is 2.84. The zero-order chi connectivity index (χ0) is 13.3. The lowest BCUT2D eigenvalue weighted by molar-refractivity contribution is 0.388. The molecule has 7 heteroatoms. The highest BCUT2D eigenvalue weighted by Crippen LogP contribution is 2.28. The van der Waals surface area contributed by atoms with Gasteiger partial charge in [0.1, 0.15) is 4.90 Å². The molecule has 0 unspecified atom stereocenters. The Hall–Kier alpha value is -0.330. The molecule has 0 spiro atoms. The summed E-state index contributed by atoms with van der Waals surface area (Å²) in [6, 6.07) is 4.42. The number of nitrogens with zero attached hydrogens (tertiary/aromatic N) is 1. The van der Waals surface area contributed by atoms with Gasteiger partial charge in [0, 0.05) is 24.7 Å². The van der Waals surface area contributed by atoms with Gasteiger partial charge in [-0.05, 0) is 31.2 Å². The molecule has 1 aromatic rings. The number of hydrogen-bond acceptors (Lipinski definition) is 3. The molecule has 1 saturated heterocycles. The van der Waals surface area contributed by atoms with Crippen molar-refractivity contribution in [1.29, 1.82) is 0 Å². The summed E-state index contributed by atoms with van der Waals surface area (Å²) in [5.74, 6) is 0. The van der Waals surface area contributed by atoms with Crippen LogP contribution < -0.4 is 5.32 Å². The number of nitrogens with one attached hydrogen (secondary N) is 1. The van der Waals surface area contributed by atoms with Crippen molar-refractivity contribution in [2.24, 2.45) is 0 Å². The fourth-order valence-electron chi connectivity index (χ4n) is 1.98. The van der Waals surface area contributed by atoms with Crippen LogP contribution in [0.2, 0.25) is 10.0 Å². The van der Waals surface area contributed by atoms with E-state index in [4.69, 9.17) is 23.2 Å². The molecule has 2 rings (SSSR count). The summed E-state index contributed by atoms with van der Waals surface area (Å²) >= 11 is 11.8. The summed E-state index contributed by atoms with van der Waals surface area (Å²) < 4.78 is 26.3. The second kappa shape index (κ2) is 5.35. The van der Waals surface area contributed by atoms with E-state index in [1.165, 1.54) is 16.4 Å². The van der Waals surface area contributed by atoms with Crippen molar-refractivity contribution in [2.75, 3.05) is 20.1 Å². The van der Waals surface area contributed by atoms with Crippen LogP contribution in [-0.2, 0) is 10.0 Å². The second-order valence-electron chi connectivity index (χ2n) is 4.24. The van der Waals surface area contributed by atoms with Gasteiger partial charge in [-0.2, -0.15) is 4.31 Å². The molecule has 1 aliphatic heterocycles. The van der Waals surface area contributed by atoms with Gasteiger partial charge in [-0.1, -0.05) is 23.2 Å². The highest BCUT2D eigenvalue weighted by molar-refractivity contribution is 7.89. The van der Waals surface area contributed by atoms with Gasteiger partial charge < -0.3 is 5.32 Å². The molecular formula is C11H14Cl2N2O2S. The Balaban J connectivity index is 2.37. The van der Waals surface area contributed by atoms with E-state index in [0.29, 0.717) is 11.6 Å². The number of sulfonamides is 1. The SMILES string of the molecule is CN([C@@H]1CCNC1)S(=O)(=O)c1cc(Cl)ccc1Cl. The molecule has 1 atom stereocenters. The Morgan fingerprint density at radius 1 is 1.39 bits per heavy atom. The molecule has 0 amide bonds. The van der Waals surface area contributed by atoms with E-state index in [1.807, 2.05) is 0 Å². The van der Waals surface area contributed by atoms with Crippen molar-refractivity contribution in [3.63, 3.8) is 0 Å². The molecule has 1 aliphatic rings. The lowest BCUT2D eigenvalue weighted by atomic mass is 10.3. The fraction of sp³-hybridized carbons (Fsp3) is 0.455. The van der Waals surface area contributed by atoms with Crippen LogP contribution in [0, 0.1) is 0 Å². The number of rotatable bonds is 3. The fourth-order valence-corrected chi connectivity index (χ4v) is 4.10. The third kappa shape index (κ3) is 2.65. The molecule has 4 nitrogen and oxygen atoms in total. The highest BCUT2D eigenvalue weighted by atomic mass is 35.5. The molecule has 0 aliphatic carbocycles. The van der Waals surface area contributed by atoms with Crippen molar-refractivity contribution in [2.45, 2.75) is 17.4 Å². The Labute approximate surface area is 117 Å². The molecule has 1 heterocycles. The first-order chi connectivity index (χ1) is 8.43. The molecule has 0 bridgehead atoms. The molecule has 0 saturated carbocycles. The lowest BCUT2D eigenvalue weighted by Crippen LogP contribution is -2.38. The van der Waals surface area contributed by atoms with E-state index in [9.17, 15) is 8.42 Å². The van der Waals surface area contributed by atoms with Gasteiger partial charge in [0.2, 0.25) is 10.0 Å². The van der Waals surface area contributed by atoms with E-state index in [2.05, 4.69) is 5.32 Å². The van der Waals surface area contributed by atoms with Gasteiger partial charge >= 0.3 is 0 Å². The van der Waals surface area contributed by atoms with Crippen LogP contribution in [0.1, 0.15) is 6.42 Å². The van der Waals surface area contributed by atoms with Gasteiger partial charge in [0.25, 0.3) is 0 Å². The minimum atomic E-state index is -3.60. The normalized spacial score (nSPS) is 20.6. The zero-order valence-corrected chi connectivity index (χ0v) is 12.2. The van der Waals surface area contributed by atoms with Crippen LogP contribution in [0.25, 0.3) is 0 Å². The predicted octanol–water partition coefficient (Wildman–Crippen LogP) is 1.98.